The normalized spacial score (nSPS) is 15.9. The summed E-state index contributed by atoms with van der Waals surface area (Å²) >= 11 is 0. The van der Waals surface area contributed by atoms with E-state index in [1.807, 2.05) is 30.3 Å². The summed E-state index contributed by atoms with van der Waals surface area (Å²) in [7, 11) is 0. The molecule has 1 unspecified atom stereocenters. The number of hydrogen-bond acceptors (Lipinski definition) is 5. The van der Waals surface area contributed by atoms with Crippen LogP contribution >= 0.6 is 0 Å². The highest BCUT2D eigenvalue weighted by molar-refractivity contribution is 5.83. The number of pyridine rings is 1. The number of amides is 1. The highest BCUT2D eigenvalue weighted by Crippen LogP contribution is 2.15. The van der Waals surface area contributed by atoms with Gasteiger partial charge in [-0.05, 0) is 17.7 Å². The van der Waals surface area contributed by atoms with Crippen LogP contribution < -0.4 is 10.1 Å². The molecule has 0 saturated carbocycles. The first-order valence-electron chi connectivity index (χ1n) is 6.98. The maximum Gasteiger partial charge on any atom is 0.413 e. The molecule has 3 rings (SSSR count). The van der Waals surface area contributed by atoms with Gasteiger partial charge in [0.25, 0.3) is 0 Å². The fourth-order valence-corrected chi connectivity index (χ4v) is 1.76. The van der Waals surface area contributed by atoms with Crippen LogP contribution in [0.4, 0.5) is 10.6 Å². The van der Waals surface area contributed by atoms with E-state index in [4.69, 9.17) is 14.2 Å². The number of benzene rings is 1. The number of hydrogen-bond donors (Lipinski definition) is 1. The molecule has 114 valence electrons. The zero-order valence-corrected chi connectivity index (χ0v) is 11.9. The van der Waals surface area contributed by atoms with Gasteiger partial charge < -0.3 is 14.2 Å². The standard InChI is InChI=1S/C16H16N2O4/c19-16(22-9-12-4-2-1-3-5-12)18-15-7-6-13(8-17-15)20-10-14-11-21-14/h1-8,14H,9-11H2,(H,17,18,19). The van der Waals surface area contributed by atoms with Gasteiger partial charge in [0.05, 0.1) is 12.8 Å². The zero-order valence-electron chi connectivity index (χ0n) is 11.9. The molecule has 1 aliphatic rings. The number of anilines is 1. The first-order chi connectivity index (χ1) is 10.8. The summed E-state index contributed by atoms with van der Waals surface area (Å²) in [6.07, 6.45) is 1.21. The number of aromatic nitrogens is 1. The summed E-state index contributed by atoms with van der Waals surface area (Å²) in [6, 6.07) is 12.9. The Hall–Kier alpha value is -2.60. The van der Waals surface area contributed by atoms with Gasteiger partial charge in [0.15, 0.2) is 0 Å². The molecule has 6 heteroatoms. The third kappa shape index (κ3) is 4.46. The number of nitrogens with one attached hydrogen (secondary N) is 1. The van der Waals surface area contributed by atoms with E-state index in [1.165, 1.54) is 0 Å². The number of nitrogens with zero attached hydrogens (tertiary/aromatic N) is 1. The van der Waals surface area contributed by atoms with Gasteiger partial charge in [0.1, 0.15) is 30.9 Å². The lowest BCUT2D eigenvalue weighted by Crippen LogP contribution is -2.14. The van der Waals surface area contributed by atoms with E-state index in [2.05, 4.69) is 10.3 Å². The van der Waals surface area contributed by atoms with E-state index in [9.17, 15) is 4.79 Å². The summed E-state index contributed by atoms with van der Waals surface area (Å²) in [6.45, 7) is 1.49. The molecule has 6 nitrogen and oxygen atoms in total. The van der Waals surface area contributed by atoms with E-state index < -0.39 is 6.09 Å². The van der Waals surface area contributed by atoms with Crippen molar-refractivity contribution in [1.29, 1.82) is 0 Å². The Morgan fingerprint density at radius 3 is 2.77 bits per heavy atom. The second-order valence-electron chi connectivity index (χ2n) is 4.83. The monoisotopic (exact) mass is 300 g/mol. The van der Waals surface area contributed by atoms with Crippen molar-refractivity contribution in [3.63, 3.8) is 0 Å². The van der Waals surface area contributed by atoms with Crippen LogP contribution in [-0.4, -0.2) is 30.4 Å². The van der Waals surface area contributed by atoms with E-state index in [-0.39, 0.29) is 12.7 Å². The minimum Gasteiger partial charge on any atom is -0.489 e. The summed E-state index contributed by atoms with van der Waals surface area (Å²) in [5.41, 5.74) is 0.927. The number of carbonyl (C=O) groups is 1. The smallest absolute Gasteiger partial charge is 0.413 e. The minimum absolute atomic E-state index is 0.200. The lowest BCUT2D eigenvalue weighted by atomic mass is 10.2. The van der Waals surface area contributed by atoms with Crippen molar-refractivity contribution in [2.75, 3.05) is 18.5 Å². The Kier molecular flexibility index (Phi) is 4.50. The quantitative estimate of drug-likeness (QED) is 0.830. The Morgan fingerprint density at radius 2 is 2.09 bits per heavy atom. The number of carbonyl (C=O) groups excluding carboxylic acids is 1. The molecule has 22 heavy (non-hydrogen) atoms. The van der Waals surface area contributed by atoms with Crippen molar-refractivity contribution in [3.05, 3.63) is 54.2 Å². The van der Waals surface area contributed by atoms with Crippen LogP contribution in [0.15, 0.2) is 48.7 Å². The second-order valence-corrected chi connectivity index (χ2v) is 4.83. The van der Waals surface area contributed by atoms with Crippen LogP contribution in [-0.2, 0) is 16.1 Å². The van der Waals surface area contributed by atoms with E-state index in [0.29, 0.717) is 18.2 Å². The van der Waals surface area contributed by atoms with E-state index in [1.54, 1.807) is 18.3 Å². The molecule has 2 heterocycles. The summed E-state index contributed by atoms with van der Waals surface area (Å²) in [4.78, 5) is 15.8. The molecule has 1 saturated heterocycles. The molecule has 0 spiro atoms. The fraction of sp³-hybridized carbons (Fsp3) is 0.250. The molecular formula is C16H16N2O4. The molecule has 1 N–H and O–H groups in total. The first kappa shape index (κ1) is 14.3. The van der Waals surface area contributed by atoms with E-state index >= 15 is 0 Å². The van der Waals surface area contributed by atoms with Crippen LogP contribution in [0.25, 0.3) is 0 Å². The average Bonchev–Trinajstić information content (AvgIpc) is 3.38. The molecule has 1 amide bonds. The predicted molar refractivity (Wildman–Crippen MR) is 79.7 cm³/mol. The fourth-order valence-electron chi connectivity index (χ4n) is 1.76. The molecule has 0 bridgehead atoms. The van der Waals surface area contributed by atoms with E-state index in [0.717, 1.165) is 12.2 Å². The Morgan fingerprint density at radius 1 is 1.27 bits per heavy atom. The number of epoxide rings is 1. The molecule has 0 radical (unpaired) electrons. The first-order valence-corrected chi connectivity index (χ1v) is 6.98. The van der Waals surface area contributed by atoms with Crippen LogP contribution in [0, 0.1) is 0 Å². The average molecular weight is 300 g/mol. The van der Waals surface area contributed by atoms with Gasteiger partial charge in [-0.2, -0.15) is 0 Å². The molecule has 1 aliphatic heterocycles. The van der Waals surface area contributed by atoms with Crippen LogP contribution in [0.1, 0.15) is 5.56 Å². The summed E-state index contributed by atoms with van der Waals surface area (Å²) in [5.74, 6) is 1.05. The van der Waals surface area contributed by atoms with Crippen molar-refractivity contribution in [1.82, 2.24) is 4.98 Å². The Balaban J connectivity index is 1.44. The topological polar surface area (TPSA) is 73.0 Å². The summed E-state index contributed by atoms with van der Waals surface area (Å²) < 4.78 is 15.6. The Bertz CT molecular complexity index is 612. The maximum atomic E-state index is 11.7. The predicted octanol–water partition coefficient (Wildman–Crippen LogP) is 2.61. The SMILES string of the molecule is O=C(Nc1ccc(OCC2CO2)cn1)OCc1ccccc1. The Labute approximate surface area is 128 Å². The lowest BCUT2D eigenvalue weighted by molar-refractivity contribution is 0.155. The van der Waals surface area contributed by atoms with Gasteiger partial charge >= 0.3 is 6.09 Å². The molecule has 1 aromatic heterocycles. The largest absolute Gasteiger partial charge is 0.489 e. The van der Waals surface area contributed by atoms with Gasteiger partial charge in [-0.15, -0.1) is 0 Å². The molecule has 2 aromatic rings. The van der Waals surface area contributed by atoms with Gasteiger partial charge in [-0.25, -0.2) is 9.78 Å². The van der Waals surface area contributed by atoms with Gasteiger partial charge in [-0.1, -0.05) is 30.3 Å². The molecular weight excluding hydrogens is 284 g/mol. The second kappa shape index (κ2) is 6.91. The third-order valence-corrected chi connectivity index (χ3v) is 3.02. The zero-order chi connectivity index (χ0) is 15.2. The molecule has 1 atom stereocenters. The van der Waals surface area contributed by atoms with Crippen molar-refractivity contribution in [3.8, 4) is 5.75 Å². The molecule has 0 aliphatic carbocycles. The maximum absolute atomic E-state index is 11.7. The molecule has 1 aromatic carbocycles. The van der Waals surface area contributed by atoms with Gasteiger partial charge in [0.2, 0.25) is 0 Å². The van der Waals surface area contributed by atoms with Gasteiger partial charge in [0, 0.05) is 0 Å². The van der Waals surface area contributed by atoms with Crippen LogP contribution in [0.2, 0.25) is 0 Å². The lowest BCUT2D eigenvalue weighted by Gasteiger charge is -2.07. The molecule has 1 fully saturated rings. The highest BCUT2D eigenvalue weighted by atomic mass is 16.6. The number of rotatable bonds is 6. The van der Waals surface area contributed by atoms with Gasteiger partial charge in [-0.3, -0.25) is 5.32 Å². The minimum atomic E-state index is -0.545. The van der Waals surface area contributed by atoms with Crippen molar-refractivity contribution in [2.45, 2.75) is 12.7 Å². The highest BCUT2D eigenvalue weighted by Gasteiger charge is 2.23. The van der Waals surface area contributed by atoms with Crippen molar-refractivity contribution < 1.29 is 19.0 Å². The van der Waals surface area contributed by atoms with Crippen LogP contribution in [0.3, 0.4) is 0 Å². The van der Waals surface area contributed by atoms with Crippen molar-refractivity contribution >= 4 is 11.9 Å². The van der Waals surface area contributed by atoms with Crippen LogP contribution in [0.5, 0.6) is 5.75 Å². The third-order valence-electron chi connectivity index (χ3n) is 3.02. The van der Waals surface area contributed by atoms with Crippen molar-refractivity contribution in [2.24, 2.45) is 0 Å². The number of ether oxygens (including phenoxy) is 3. The summed E-state index contributed by atoms with van der Waals surface area (Å²) in [5, 5.41) is 2.56.